The Morgan fingerprint density at radius 1 is 1.35 bits per heavy atom. The minimum atomic E-state index is -0.379. The van der Waals surface area contributed by atoms with Crippen LogP contribution in [0.25, 0.3) is 0 Å². The number of amides is 3. The van der Waals surface area contributed by atoms with Crippen LogP contribution in [0, 0.1) is 0 Å². The number of carbonyl (C=O) groups excluding carboxylic acids is 3. The average molecular weight is 282 g/mol. The molecule has 20 heavy (non-hydrogen) atoms. The van der Waals surface area contributed by atoms with Crippen LogP contribution in [0.3, 0.4) is 0 Å². The number of nitrogens with one attached hydrogen (secondary N) is 1. The van der Waals surface area contributed by atoms with Gasteiger partial charge in [0.2, 0.25) is 17.7 Å². The lowest BCUT2D eigenvalue weighted by Gasteiger charge is -2.32. The minimum absolute atomic E-state index is 0.0961. The van der Waals surface area contributed by atoms with Crippen LogP contribution in [0.2, 0.25) is 0 Å². The molecular weight excluding hydrogens is 260 g/mol. The molecule has 2 saturated heterocycles. The number of likely N-dealkylation sites (tertiary alicyclic amines) is 2. The number of imide groups is 1. The van der Waals surface area contributed by atoms with Crippen molar-refractivity contribution < 1.29 is 14.4 Å². The highest BCUT2D eigenvalue weighted by Gasteiger charge is 2.38. The quantitative estimate of drug-likeness (QED) is 0.609. The summed E-state index contributed by atoms with van der Waals surface area (Å²) in [6, 6.07) is -0.159. The Morgan fingerprint density at radius 2 is 2.00 bits per heavy atom. The molecule has 2 aliphatic heterocycles. The SMILES string of the molecule is CCN1C(=O)CC(NC2CCN(CC(N)=O)CC2)C1=O. The van der Waals surface area contributed by atoms with Gasteiger partial charge in [0.05, 0.1) is 19.0 Å². The molecule has 2 fully saturated rings. The topological polar surface area (TPSA) is 95.7 Å². The van der Waals surface area contributed by atoms with E-state index in [9.17, 15) is 14.4 Å². The van der Waals surface area contributed by atoms with Crippen molar-refractivity contribution in [3.8, 4) is 0 Å². The first-order valence-electron chi connectivity index (χ1n) is 7.12. The zero-order valence-corrected chi connectivity index (χ0v) is 11.8. The van der Waals surface area contributed by atoms with E-state index in [0.29, 0.717) is 6.54 Å². The van der Waals surface area contributed by atoms with E-state index in [4.69, 9.17) is 5.73 Å². The number of nitrogens with two attached hydrogens (primary N) is 1. The van der Waals surface area contributed by atoms with Gasteiger partial charge in [0.1, 0.15) is 0 Å². The van der Waals surface area contributed by atoms with Crippen molar-refractivity contribution >= 4 is 17.7 Å². The van der Waals surface area contributed by atoms with Crippen LogP contribution in [0.4, 0.5) is 0 Å². The van der Waals surface area contributed by atoms with Gasteiger partial charge in [-0.25, -0.2) is 0 Å². The lowest BCUT2D eigenvalue weighted by atomic mass is 10.0. The Morgan fingerprint density at radius 3 is 2.50 bits per heavy atom. The number of likely N-dealkylation sites (N-methyl/N-ethyl adjacent to an activating group) is 1. The molecular formula is C13H22N4O3. The smallest absolute Gasteiger partial charge is 0.246 e. The van der Waals surface area contributed by atoms with Crippen LogP contribution in [0.5, 0.6) is 0 Å². The van der Waals surface area contributed by atoms with Crippen LogP contribution in [-0.2, 0) is 14.4 Å². The Balaban J connectivity index is 1.80. The van der Waals surface area contributed by atoms with E-state index in [1.54, 1.807) is 6.92 Å². The van der Waals surface area contributed by atoms with Gasteiger partial charge in [-0.3, -0.25) is 24.2 Å². The number of primary amides is 1. The molecule has 1 unspecified atom stereocenters. The normalized spacial score (nSPS) is 25.4. The van der Waals surface area contributed by atoms with Crippen molar-refractivity contribution in [3.63, 3.8) is 0 Å². The Bertz CT molecular complexity index is 404. The standard InChI is InChI=1S/C13H22N4O3/c1-2-17-12(19)7-10(13(17)20)15-9-3-5-16(6-4-9)8-11(14)18/h9-10,15H,2-8H2,1H3,(H2,14,18). The molecule has 7 heteroatoms. The number of nitrogens with zero attached hydrogens (tertiary/aromatic N) is 2. The summed E-state index contributed by atoms with van der Waals surface area (Å²) in [6.45, 7) is 4.10. The monoisotopic (exact) mass is 282 g/mol. The first-order chi connectivity index (χ1) is 9.51. The summed E-state index contributed by atoms with van der Waals surface area (Å²) in [6.07, 6.45) is 1.98. The summed E-state index contributed by atoms with van der Waals surface area (Å²) in [5, 5.41) is 3.28. The van der Waals surface area contributed by atoms with Crippen LogP contribution < -0.4 is 11.1 Å². The maximum absolute atomic E-state index is 12.0. The number of carbonyl (C=O) groups is 3. The molecule has 0 aliphatic carbocycles. The molecule has 2 rings (SSSR count). The molecule has 2 heterocycles. The van der Waals surface area contributed by atoms with Crippen molar-refractivity contribution in [2.45, 2.75) is 38.3 Å². The summed E-state index contributed by atoms with van der Waals surface area (Å²) in [5.74, 6) is -0.523. The van der Waals surface area contributed by atoms with Crippen molar-refractivity contribution in [1.82, 2.24) is 15.1 Å². The number of rotatable bonds is 5. The molecule has 0 saturated carbocycles. The molecule has 7 nitrogen and oxygen atoms in total. The van der Waals surface area contributed by atoms with Gasteiger partial charge in [-0.1, -0.05) is 0 Å². The largest absolute Gasteiger partial charge is 0.369 e. The number of hydrogen-bond acceptors (Lipinski definition) is 5. The third kappa shape index (κ3) is 3.34. The van der Waals surface area contributed by atoms with E-state index in [0.717, 1.165) is 25.9 Å². The average Bonchev–Trinajstić information content (AvgIpc) is 2.66. The Labute approximate surface area is 118 Å². The summed E-state index contributed by atoms with van der Waals surface area (Å²) in [7, 11) is 0. The minimum Gasteiger partial charge on any atom is -0.369 e. The molecule has 112 valence electrons. The number of hydrogen-bond donors (Lipinski definition) is 2. The lowest BCUT2D eigenvalue weighted by Crippen LogP contribution is -2.49. The predicted octanol–water partition coefficient (Wildman–Crippen LogP) is -1.33. The third-order valence-electron chi connectivity index (χ3n) is 3.96. The zero-order chi connectivity index (χ0) is 14.7. The predicted molar refractivity (Wildman–Crippen MR) is 72.6 cm³/mol. The van der Waals surface area contributed by atoms with Crippen molar-refractivity contribution in [2.24, 2.45) is 5.73 Å². The van der Waals surface area contributed by atoms with E-state index < -0.39 is 0 Å². The van der Waals surface area contributed by atoms with Gasteiger partial charge in [-0.2, -0.15) is 0 Å². The fraction of sp³-hybridized carbons (Fsp3) is 0.769. The van der Waals surface area contributed by atoms with Crippen LogP contribution >= 0.6 is 0 Å². The molecule has 0 aromatic carbocycles. The van der Waals surface area contributed by atoms with E-state index in [-0.39, 0.29) is 42.8 Å². The van der Waals surface area contributed by atoms with Crippen LogP contribution in [-0.4, -0.2) is 65.8 Å². The maximum atomic E-state index is 12.0. The summed E-state index contributed by atoms with van der Waals surface area (Å²) >= 11 is 0. The molecule has 0 aromatic rings. The van der Waals surface area contributed by atoms with Crippen molar-refractivity contribution in [2.75, 3.05) is 26.2 Å². The molecule has 1 atom stereocenters. The highest BCUT2D eigenvalue weighted by molar-refractivity contribution is 6.05. The third-order valence-corrected chi connectivity index (χ3v) is 3.96. The van der Waals surface area contributed by atoms with Gasteiger partial charge in [-0.15, -0.1) is 0 Å². The maximum Gasteiger partial charge on any atom is 0.246 e. The van der Waals surface area contributed by atoms with Gasteiger partial charge in [0.15, 0.2) is 0 Å². The fourth-order valence-electron chi connectivity index (χ4n) is 2.91. The molecule has 0 spiro atoms. The lowest BCUT2D eigenvalue weighted by molar-refractivity contribution is -0.138. The summed E-state index contributed by atoms with van der Waals surface area (Å²) in [5.41, 5.74) is 5.17. The van der Waals surface area contributed by atoms with E-state index in [1.165, 1.54) is 4.90 Å². The van der Waals surface area contributed by atoms with Crippen LogP contribution in [0.15, 0.2) is 0 Å². The van der Waals surface area contributed by atoms with Gasteiger partial charge < -0.3 is 11.1 Å². The van der Waals surface area contributed by atoms with Crippen molar-refractivity contribution in [3.05, 3.63) is 0 Å². The Kier molecular flexibility index (Phi) is 4.72. The fourth-order valence-corrected chi connectivity index (χ4v) is 2.91. The highest BCUT2D eigenvalue weighted by Crippen LogP contribution is 2.16. The van der Waals surface area contributed by atoms with Gasteiger partial charge in [0, 0.05) is 25.7 Å². The van der Waals surface area contributed by atoms with Gasteiger partial charge in [0.25, 0.3) is 0 Å². The first kappa shape index (κ1) is 14.9. The summed E-state index contributed by atoms with van der Waals surface area (Å²) in [4.78, 5) is 37.8. The second kappa shape index (κ2) is 6.32. The zero-order valence-electron chi connectivity index (χ0n) is 11.8. The Hall–Kier alpha value is -1.47. The van der Waals surface area contributed by atoms with Gasteiger partial charge in [-0.05, 0) is 19.8 Å². The van der Waals surface area contributed by atoms with E-state index in [1.807, 2.05) is 4.90 Å². The number of piperidine rings is 1. The second-order valence-electron chi connectivity index (χ2n) is 5.42. The molecule has 3 N–H and O–H groups in total. The molecule has 3 amide bonds. The first-order valence-corrected chi connectivity index (χ1v) is 7.12. The summed E-state index contributed by atoms with van der Waals surface area (Å²) < 4.78 is 0. The van der Waals surface area contributed by atoms with E-state index in [2.05, 4.69) is 5.32 Å². The van der Waals surface area contributed by atoms with Gasteiger partial charge >= 0.3 is 0 Å². The molecule has 0 aromatic heterocycles. The molecule has 0 bridgehead atoms. The second-order valence-corrected chi connectivity index (χ2v) is 5.42. The van der Waals surface area contributed by atoms with E-state index >= 15 is 0 Å². The van der Waals surface area contributed by atoms with Crippen molar-refractivity contribution in [1.29, 1.82) is 0 Å². The molecule has 2 aliphatic rings. The molecule has 0 radical (unpaired) electrons. The van der Waals surface area contributed by atoms with Crippen LogP contribution in [0.1, 0.15) is 26.2 Å². The highest BCUT2D eigenvalue weighted by atomic mass is 16.2.